The van der Waals surface area contributed by atoms with Crippen LogP contribution in [0.2, 0.25) is 0 Å². The van der Waals surface area contributed by atoms with Crippen LogP contribution in [0.5, 0.6) is 5.75 Å². The van der Waals surface area contributed by atoms with Crippen molar-refractivity contribution in [3.63, 3.8) is 0 Å². The first-order chi connectivity index (χ1) is 12.7. The van der Waals surface area contributed by atoms with Gasteiger partial charge in [-0.3, -0.25) is 13.9 Å². The predicted molar refractivity (Wildman–Crippen MR) is 92.9 cm³/mol. The largest absolute Gasteiger partial charge is 0.492 e. The Labute approximate surface area is 151 Å². The molecule has 0 saturated heterocycles. The number of halogens is 3. The van der Waals surface area contributed by atoms with Gasteiger partial charge in [0, 0.05) is 7.05 Å². The molecule has 9 heteroatoms. The highest BCUT2D eigenvalue weighted by atomic mass is 19.4. The van der Waals surface area contributed by atoms with E-state index in [0.29, 0.717) is 5.75 Å². The lowest BCUT2D eigenvalue weighted by Crippen LogP contribution is -2.40. The molecule has 0 atom stereocenters. The van der Waals surface area contributed by atoms with Crippen molar-refractivity contribution in [3.8, 4) is 5.75 Å². The van der Waals surface area contributed by atoms with E-state index in [-0.39, 0.29) is 24.2 Å². The monoisotopic (exact) mass is 379 g/mol. The van der Waals surface area contributed by atoms with Gasteiger partial charge < -0.3 is 4.74 Å². The fourth-order valence-corrected chi connectivity index (χ4v) is 2.69. The number of ether oxygens (including phenoxy) is 1. The van der Waals surface area contributed by atoms with Gasteiger partial charge in [0.15, 0.2) is 0 Å². The van der Waals surface area contributed by atoms with E-state index >= 15 is 0 Å². The molecule has 142 valence electrons. The normalized spacial score (nSPS) is 11.7. The molecular formula is C18H16F3N3O3. The molecule has 0 aliphatic heterocycles. The fourth-order valence-electron chi connectivity index (χ4n) is 2.69. The van der Waals surface area contributed by atoms with Crippen LogP contribution in [0, 0.1) is 6.92 Å². The van der Waals surface area contributed by atoms with E-state index in [9.17, 15) is 22.8 Å². The van der Waals surface area contributed by atoms with Gasteiger partial charge in [0.25, 0.3) is 5.56 Å². The number of fused-ring (bicyclic) bond motifs is 1. The molecule has 0 aliphatic carbocycles. The van der Waals surface area contributed by atoms with E-state index in [1.165, 1.54) is 7.05 Å². The third kappa shape index (κ3) is 3.71. The van der Waals surface area contributed by atoms with Gasteiger partial charge in [0.2, 0.25) is 0 Å². The molecule has 1 aromatic carbocycles. The van der Waals surface area contributed by atoms with Crippen LogP contribution in [0.4, 0.5) is 13.2 Å². The maximum atomic E-state index is 12.8. The Morgan fingerprint density at radius 2 is 1.89 bits per heavy atom. The number of nitrogens with zero attached hydrogens (tertiary/aromatic N) is 3. The molecular weight excluding hydrogens is 363 g/mol. The molecule has 6 nitrogen and oxygen atoms in total. The van der Waals surface area contributed by atoms with Crippen molar-refractivity contribution in [1.82, 2.24) is 14.1 Å². The summed E-state index contributed by atoms with van der Waals surface area (Å²) in [5.41, 5.74) is -1.94. The topological polar surface area (TPSA) is 66.1 Å². The van der Waals surface area contributed by atoms with E-state index in [0.717, 1.165) is 26.8 Å². The van der Waals surface area contributed by atoms with Crippen LogP contribution in [0.25, 0.3) is 11.0 Å². The van der Waals surface area contributed by atoms with Gasteiger partial charge in [0.05, 0.1) is 11.9 Å². The molecule has 0 spiro atoms. The minimum absolute atomic E-state index is 0.0452. The first-order valence-electron chi connectivity index (χ1n) is 8.06. The molecule has 27 heavy (non-hydrogen) atoms. The van der Waals surface area contributed by atoms with Crippen LogP contribution in [0.15, 0.2) is 46.0 Å². The highest BCUT2D eigenvalue weighted by Crippen LogP contribution is 2.28. The molecule has 0 bridgehead atoms. The Morgan fingerprint density at radius 3 is 2.56 bits per heavy atom. The summed E-state index contributed by atoms with van der Waals surface area (Å²) in [6.45, 7) is 1.91. The molecule has 0 radical (unpaired) electrons. The Balaban J connectivity index is 1.94. The van der Waals surface area contributed by atoms with Gasteiger partial charge in [-0.1, -0.05) is 12.1 Å². The average Bonchev–Trinajstić information content (AvgIpc) is 2.61. The van der Waals surface area contributed by atoms with Gasteiger partial charge in [-0.2, -0.15) is 13.2 Å². The lowest BCUT2D eigenvalue weighted by Gasteiger charge is -2.12. The van der Waals surface area contributed by atoms with Gasteiger partial charge in [-0.05, 0) is 36.8 Å². The predicted octanol–water partition coefficient (Wildman–Crippen LogP) is 2.50. The molecule has 0 aliphatic rings. The number of rotatable bonds is 4. The molecule has 2 heterocycles. The van der Waals surface area contributed by atoms with Gasteiger partial charge in [-0.15, -0.1) is 0 Å². The maximum Gasteiger partial charge on any atom is 0.433 e. The molecule has 0 saturated carbocycles. The van der Waals surface area contributed by atoms with E-state index in [2.05, 4.69) is 4.98 Å². The van der Waals surface area contributed by atoms with Crippen molar-refractivity contribution in [2.24, 2.45) is 7.05 Å². The first kappa shape index (κ1) is 18.7. The number of alkyl halides is 3. The standard InChI is InChI=1S/C18H16F3N3O3/c1-11-4-3-5-12(10-11)27-9-8-24-16(25)13-6-7-14(18(19,20)21)22-15(13)23(2)17(24)26/h3-7,10H,8-9H2,1-2H3. The number of benzene rings is 1. The van der Waals surface area contributed by atoms with Crippen molar-refractivity contribution < 1.29 is 17.9 Å². The molecule has 3 aromatic rings. The summed E-state index contributed by atoms with van der Waals surface area (Å²) < 4.78 is 45.9. The second kappa shape index (κ2) is 6.90. The Hall–Kier alpha value is -3.10. The Morgan fingerprint density at radius 1 is 1.15 bits per heavy atom. The summed E-state index contributed by atoms with van der Waals surface area (Å²) in [6.07, 6.45) is -4.67. The summed E-state index contributed by atoms with van der Waals surface area (Å²) in [4.78, 5) is 28.4. The maximum absolute atomic E-state index is 12.8. The number of aromatic nitrogens is 3. The zero-order valence-electron chi connectivity index (χ0n) is 14.6. The molecule has 0 fully saturated rings. The molecule has 0 N–H and O–H groups in total. The van der Waals surface area contributed by atoms with Crippen molar-refractivity contribution in [2.75, 3.05) is 6.61 Å². The SMILES string of the molecule is Cc1cccc(OCCn2c(=O)c3ccc(C(F)(F)F)nc3n(C)c2=O)c1. The van der Waals surface area contributed by atoms with E-state index < -0.39 is 23.1 Å². The average molecular weight is 379 g/mol. The van der Waals surface area contributed by atoms with Crippen LogP contribution in [0.3, 0.4) is 0 Å². The summed E-state index contributed by atoms with van der Waals surface area (Å²) in [5.74, 6) is 0.595. The third-order valence-corrected chi connectivity index (χ3v) is 4.05. The lowest BCUT2D eigenvalue weighted by atomic mass is 10.2. The summed E-state index contributed by atoms with van der Waals surface area (Å²) >= 11 is 0. The van der Waals surface area contributed by atoms with E-state index in [1.807, 2.05) is 25.1 Å². The zero-order valence-corrected chi connectivity index (χ0v) is 14.6. The molecule has 0 amide bonds. The quantitative estimate of drug-likeness (QED) is 0.699. The van der Waals surface area contributed by atoms with Crippen molar-refractivity contribution >= 4 is 11.0 Å². The van der Waals surface area contributed by atoms with E-state index in [4.69, 9.17) is 4.74 Å². The Kier molecular flexibility index (Phi) is 4.77. The minimum Gasteiger partial charge on any atom is -0.492 e. The second-order valence-corrected chi connectivity index (χ2v) is 6.03. The van der Waals surface area contributed by atoms with Crippen molar-refractivity contribution in [3.05, 3.63) is 68.5 Å². The van der Waals surface area contributed by atoms with Crippen LogP contribution >= 0.6 is 0 Å². The molecule has 0 unspecified atom stereocenters. The van der Waals surface area contributed by atoms with E-state index in [1.54, 1.807) is 6.07 Å². The molecule has 3 rings (SSSR count). The van der Waals surface area contributed by atoms with Gasteiger partial charge in [-0.25, -0.2) is 9.78 Å². The summed E-state index contributed by atoms with van der Waals surface area (Å²) in [5, 5.41) is -0.0688. The first-order valence-corrected chi connectivity index (χ1v) is 8.06. The summed E-state index contributed by atoms with van der Waals surface area (Å²) in [7, 11) is 1.27. The van der Waals surface area contributed by atoms with Gasteiger partial charge in [0.1, 0.15) is 23.7 Å². The van der Waals surface area contributed by atoms with Crippen molar-refractivity contribution in [2.45, 2.75) is 19.6 Å². The lowest BCUT2D eigenvalue weighted by molar-refractivity contribution is -0.141. The second-order valence-electron chi connectivity index (χ2n) is 6.03. The van der Waals surface area contributed by atoms with Crippen LogP contribution in [0.1, 0.15) is 11.3 Å². The van der Waals surface area contributed by atoms with Crippen LogP contribution in [-0.2, 0) is 19.8 Å². The Bertz CT molecular complexity index is 1120. The van der Waals surface area contributed by atoms with Gasteiger partial charge >= 0.3 is 11.9 Å². The fraction of sp³-hybridized carbons (Fsp3) is 0.278. The van der Waals surface area contributed by atoms with Crippen LogP contribution < -0.4 is 16.0 Å². The smallest absolute Gasteiger partial charge is 0.433 e. The van der Waals surface area contributed by atoms with Crippen molar-refractivity contribution in [1.29, 1.82) is 0 Å². The number of pyridine rings is 1. The number of aryl methyl sites for hydroxylation is 2. The number of hydrogen-bond donors (Lipinski definition) is 0. The third-order valence-electron chi connectivity index (χ3n) is 4.05. The van der Waals surface area contributed by atoms with Crippen LogP contribution in [-0.4, -0.2) is 20.7 Å². The minimum atomic E-state index is -4.67. The zero-order chi connectivity index (χ0) is 19.8. The highest BCUT2D eigenvalue weighted by molar-refractivity contribution is 5.74. The highest BCUT2D eigenvalue weighted by Gasteiger charge is 2.33. The summed E-state index contributed by atoms with van der Waals surface area (Å²) in [6, 6.07) is 9.03. The number of hydrogen-bond acceptors (Lipinski definition) is 4. The molecule has 2 aromatic heterocycles.